The highest BCUT2D eigenvalue weighted by atomic mass is 35.5. The molecule has 0 saturated carbocycles. The van der Waals surface area contributed by atoms with Crippen molar-refractivity contribution in [2.45, 2.75) is 18.1 Å². The summed E-state index contributed by atoms with van der Waals surface area (Å²) in [5.74, 6) is -11.2. The highest BCUT2D eigenvalue weighted by molar-refractivity contribution is 5.85. The Kier molecular flexibility index (Phi) is 5.18. The Morgan fingerprint density at radius 2 is 1.26 bits per heavy atom. The lowest BCUT2D eigenvalue weighted by Gasteiger charge is -2.26. The number of halogens is 9. The Morgan fingerprint density at radius 3 is 1.58 bits per heavy atom. The fraction of sp³-hybridized carbons (Fsp3) is 0.333. The van der Waals surface area contributed by atoms with E-state index in [0.717, 1.165) is 0 Å². The summed E-state index contributed by atoms with van der Waals surface area (Å²) in [6.07, 6.45) is -5.99. The van der Waals surface area contributed by atoms with E-state index < -0.39 is 41.2 Å². The summed E-state index contributed by atoms with van der Waals surface area (Å²) in [4.78, 5) is 0. The lowest BCUT2D eigenvalue weighted by Crippen LogP contribution is -2.45. The van der Waals surface area contributed by atoms with Crippen LogP contribution in [0.5, 0.6) is 0 Å². The predicted molar refractivity (Wildman–Crippen MR) is 51.5 cm³/mol. The van der Waals surface area contributed by atoms with E-state index in [0.29, 0.717) is 0 Å². The topological polar surface area (TPSA) is 26.0 Å². The van der Waals surface area contributed by atoms with Crippen molar-refractivity contribution in [3.8, 4) is 0 Å². The van der Waals surface area contributed by atoms with Gasteiger partial charge in [0.25, 0.3) is 0 Å². The molecule has 1 rings (SSSR count). The Labute approximate surface area is 107 Å². The molecular weight excluding hydrogens is 310 g/mol. The highest BCUT2D eigenvalue weighted by Gasteiger charge is 2.61. The summed E-state index contributed by atoms with van der Waals surface area (Å²) in [7, 11) is 0. The number of hydrogen-bond acceptors (Lipinski definition) is 1. The average Bonchev–Trinajstić information content (AvgIpc) is 2.22. The van der Waals surface area contributed by atoms with Crippen LogP contribution >= 0.6 is 12.4 Å². The summed E-state index contributed by atoms with van der Waals surface area (Å²) in [5.41, 5.74) is 3.42. The van der Waals surface area contributed by atoms with Crippen LogP contribution in [0, 0.1) is 17.5 Å². The summed E-state index contributed by atoms with van der Waals surface area (Å²) in [6.45, 7) is 0. The molecule has 0 heterocycles. The van der Waals surface area contributed by atoms with Gasteiger partial charge in [0.15, 0.2) is 17.5 Å². The van der Waals surface area contributed by atoms with E-state index in [9.17, 15) is 35.1 Å². The monoisotopic (exact) mass is 315 g/mol. The number of nitrogens with two attached hydrogens (primary N) is 1. The minimum Gasteiger partial charge on any atom is -0.319 e. The van der Waals surface area contributed by atoms with Crippen molar-refractivity contribution in [3.05, 3.63) is 35.1 Å². The van der Waals surface area contributed by atoms with Crippen LogP contribution in [0.15, 0.2) is 12.1 Å². The van der Waals surface area contributed by atoms with Crippen LogP contribution in [0.1, 0.15) is 11.6 Å². The quantitative estimate of drug-likeness (QED) is 0.653. The third-order valence-corrected chi connectivity index (χ3v) is 2.13. The van der Waals surface area contributed by atoms with Gasteiger partial charge in [0.2, 0.25) is 0 Å². The maximum Gasteiger partial charge on any atom is 0.455 e. The normalized spacial score (nSPS) is 13.9. The molecule has 1 nitrogen and oxygen atoms in total. The van der Waals surface area contributed by atoms with Gasteiger partial charge in [-0.3, -0.25) is 0 Å². The van der Waals surface area contributed by atoms with Gasteiger partial charge in [0.05, 0.1) is 0 Å². The zero-order valence-electron chi connectivity index (χ0n) is 8.74. The van der Waals surface area contributed by atoms with Gasteiger partial charge in [-0.05, 0) is 17.7 Å². The van der Waals surface area contributed by atoms with Gasteiger partial charge in [-0.15, -0.1) is 12.4 Å². The molecule has 2 N–H and O–H groups in total. The van der Waals surface area contributed by atoms with E-state index in [-0.39, 0.29) is 24.5 Å². The third-order valence-electron chi connectivity index (χ3n) is 2.13. The standard InChI is InChI=1S/C9H5F8N.ClH/c10-4-1-3(2-5(11)6(4)12)7(18)8(13,14)9(15,16)17;/h1-2,7H,18H2;1H/t7-;/m0./s1. The highest BCUT2D eigenvalue weighted by Crippen LogP contribution is 2.43. The maximum absolute atomic E-state index is 12.8. The summed E-state index contributed by atoms with van der Waals surface area (Å²) >= 11 is 0. The molecule has 0 unspecified atom stereocenters. The molecule has 0 radical (unpaired) electrons. The fourth-order valence-electron chi connectivity index (χ4n) is 1.14. The number of hydrogen-bond donors (Lipinski definition) is 1. The van der Waals surface area contributed by atoms with Crippen LogP contribution in [0.25, 0.3) is 0 Å². The lowest BCUT2D eigenvalue weighted by molar-refractivity contribution is -0.291. The zero-order chi connectivity index (χ0) is 14.3. The van der Waals surface area contributed by atoms with Crippen molar-refractivity contribution in [3.63, 3.8) is 0 Å². The zero-order valence-corrected chi connectivity index (χ0v) is 9.56. The first-order chi connectivity index (χ1) is 7.98. The molecule has 0 saturated heterocycles. The Hall–Kier alpha value is -1.09. The molecular formula is C9H6ClF8N. The van der Waals surface area contributed by atoms with Gasteiger partial charge in [0, 0.05) is 0 Å². The molecule has 19 heavy (non-hydrogen) atoms. The smallest absolute Gasteiger partial charge is 0.319 e. The van der Waals surface area contributed by atoms with E-state index in [4.69, 9.17) is 0 Å². The van der Waals surface area contributed by atoms with Crippen LogP contribution in [0.2, 0.25) is 0 Å². The summed E-state index contributed by atoms with van der Waals surface area (Å²) in [6, 6.07) is -3.06. The van der Waals surface area contributed by atoms with Crippen LogP contribution in [0.3, 0.4) is 0 Å². The first-order valence-electron chi connectivity index (χ1n) is 4.33. The van der Waals surface area contributed by atoms with Crippen molar-refractivity contribution < 1.29 is 35.1 Å². The molecule has 0 aliphatic carbocycles. The molecule has 10 heteroatoms. The van der Waals surface area contributed by atoms with E-state index in [1.807, 2.05) is 0 Å². The lowest BCUT2D eigenvalue weighted by atomic mass is 10.0. The van der Waals surface area contributed by atoms with Gasteiger partial charge in [-0.1, -0.05) is 0 Å². The van der Waals surface area contributed by atoms with E-state index in [1.165, 1.54) is 0 Å². The van der Waals surface area contributed by atoms with Crippen LogP contribution in [0.4, 0.5) is 35.1 Å². The second-order valence-electron chi connectivity index (χ2n) is 3.40. The molecule has 0 fully saturated rings. The van der Waals surface area contributed by atoms with Gasteiger partial charge >= 0.3 is 12.1 Å². The van der Waals surface area contributed by atoms with Crippen molar-refractivity contribution in [2.75, 3.05) is 0 Å². The third kappa shape index (κ3) is 3.27. The summed E-state index contributed by atoms with van der Waals surface area (Å²) in [5, 5.41) is 0. The first-order valence-corrected chi connectivity index (χ1v) is 4.33. The number of alkyl halides is 5. The van der Waals surface area contributed by atoms with Crippen molar-refractivity contribution in [1.29, 1.82) is 0 Å². The van der Waals surface area contributed by atoms with Crippen molar-refractivity contribution in [2.24, 2.45) is 5.73 Å². The van der Waals surface area contributed by atoms with Gasteiger partial charge in [0.1, 0.15) is 6.04 Å². The molecule has 0 bridgehead atoms. The molecule has 0 amide bonds. The molecule has 0 aliphatic rings. The molecule has 0 aliphatic heterocycles. The Balaban J connectivity index is 0.00000324. The second-order valence-corrected chi connectivity index (χ2v) is 3.40. The predicted octanol–water partition coefficient (Wildman–Crippen LogP) is 3.72. The average molecular weight is 316 g/mol. The Morgan fingerprint density at radius 1 is 0.895 bits per heavy atom. The minimum atomic E-state index is -5.99. The first kappa shape index (κ1) is 17.9. The van der Waals surface area contributed by atoms with Gasteiger partial charge in [-0.2, -0.15) is 22.0 Å². The Bertz CT molecular complexity index is 435. The van der Waals surface area contributed by atoms with Gasteiger partial charge in [-0.25, -0.2) is 13.2 Å². The molecule has 0 aromatic heterocycles. The van der Waals surface area contributed by atoms with Crippen LogP contribution in [-0.2, 0) is 0 Å². The minimum absolute atomic E-state index is 0. The second kappa shape index (κ2) is 5.49. The molecule has 0 spiro atoms. The number of rotatable bonds is 2. The largest absolute Gasteiger partial charge is 0.455 e. The van der Waals surface area contributed by atoms with Crippen molar-refractivity contribution >= 4 is 12.4 Å². The molecule has 1 atom stereocenters. The van der Waals surface area contributed by atoms with E-state index in [1.54, 1.807) is 0 Å². The maximum atomic E-state index is 12.8. The van der Waals surface area contributed by atoms with E-state index >= 15 is 0 Å². The number of benzene rings is 1. The summed E-state index contributed by atoms with van der Waals surface area (Å²) < 4.78 is 99.3. The molecule has 110 valence electrons. The fourth-order valence-corrected chi connectivity index (χ4v) is 1.14. The van der Waals surface area contributed by atoms with Crippen molar-refractivity contribution in [1.82, 2.24) is 0 Å². The van der Waals surface area contributed by atoms with E-state index in [2.05, 4.69) is 5.73 Å². The van der Waals surface area contributed by atoms with Gasteiger partial charge < -0.3 is 5.73 Å². The molecule has 1 aromatic carbocycles. The molecule has 1 aromatic rings. The SMILES string of the molecule is Cl.N[C@@H](c1cc(F)c(F)c(F)c1)C(F)(F)C(F)(F)F. The van der Waals surface area contributed by atoms with Crippen LogP contribution in [-0.4, -0.2) is 12.1 Å². The van der Waals surface area contributed by atoms with Crippen LogP contribution < -0.4 is 5.73 Å².